The van der Waals surface area contributed by atoms with Crippen LogP contribution in [0, 0.1) is 0 Å². The predicted octanol–water partition coefficient (Wildman–Crippen LogP) is 3.04. The molecule has 0 saturated carbocycles. The number of benzene rings is 1. The summed E-state index contributed by atoms with van der Waals surface area (Å²) in [6.45, 7) is 5.85. The number of hydrogen-bond acceptors (Lipinski definition) is 3. The van der Waals surface area contributed by atoms with Crippen LogP contribution < -0.4 is 10.6 Å². The Bertz CT molecular complexity index is 485. The molecule has 1 heterocycles. The highest BCUT2D eigenvalue weighted by Crippen LogP contribution is 2.25. The van der Waals surface area contributed by atoms with E-state index in [1.165, 1.54) is 0 Å². The van der Waals surface area contributed by atoms with Crippen molar-refractivity contribution >= 4 is 47.2 Å². The van der Waals surface area contributed by atoms with Gasteiger partial charge in [-0.3, -0.25) is 9.69 Å². The van der Waals surface area contributed by atoms with Crippen molar-refractivity contribution in [3.05, 3.63) is 28.2 Å². The fraction of sp³-hybridized carbons (Fsp3) is 0.500. The summed E-state index contributed by atoms with van der Waals surface area (Å²) in [4.78, 5) is 14.3. The van der Waals surface area contributed by atoms with Crippen LogP contribution in [0.3, 0.4) is 0 Å². The number of hydrogen-bond donors (Lipinski definition) is 2. The van der Waals surface area contributed by atoms with E-state index in [1.807, 2.05) is 0 Å². The molecular weight excluding hydrogens is 333 g/mol. The van der Waals surface area contributed by atoms with Crippen LogP contribution >= 0.6 is 35.6 Å². The van der Waals surface area contributed by atoms with Crippen molar-refractivity contribution < 1.29 is 4.79 Å². The lowest BCUT2D eigenvalue weighted by molar-refractivity contribution is -0.116. The first-order valence-corrected chi connectivity index (χ1v) is 7.51. The lowest BCUT2D eigenvalue weighted by Crippen LogP contribution is -2.50. The van der Waals surface area contributed by atoms with Crippen LogP contribution in [0.2, 0.25) is 10.0 Å². The molecule has 1 aliphatic rings. The molecule has 1 aromatic carbocycles. The Balaban J connectivity index is 0.00000220. The molecule has 0 spiro atoms. The van der Waals surface area contributed by atoms with E-state index in [9.17, 15) is 4.79 Å². The van der Waals surface area contributed by atoms with Crippen LogP contribution in [-0.4, -0.2) is 43.0 Å². The van der Waals surface area contributed by atoms with Gasteiger partial charge in [-0.1, -0.05) is 23.2 Å². The second-order valence-corrected chi connectivity index (χ2v) is 5.86. The fourth-order valence-corrected chi connectivity index (χ4v) is 2.60. The lowest BCUT2D eigenvalue weighted by atomic mass is 10.2. The molecule has 0 aliphatic carbocycles. The normalized spacial score (nSPS) is 18.9. The smallest absolute Gasteiger partial charge is 0.225 e. The number of halogens is 3. The number of anilines is 1. The first kappa shape index (κ1) is 18.5. The first-order chi connectivity index (χ1) is 9.56. The van der Waals surface area contributed by atoms with Crippen LogP contribution in [0.1, 0.15) is 13.3 Å². The largest absolute Gasteiger partial charge is 0.325 e. The minimum absolute atomic E-state index is 0. The molecular formula is C14H20Cl3N3O. The first-order valence-electron chi connectivity index (χ1n) is 6.76. The third-order valence-corrected chi connectivity index (χ3v) is 4.03. The molecule has 4 nitrogen and oxygen atoms in total. The van der Waals surface area contributed by atoms with E-state index in [4.69, 9.17) is 23.2 Å². The Morgan fingerprint density at radius 1 is 1.48 bits per heavy atom. The van der Waals surface area contributed by atoms with Crippen molar-refractivity contribution in [2.24, 2.45) is 0 Å². The maximum absolute atomic E-state index is 12.0. The summed E-state index contributed by atoms with van der Waals surface area (Å²) < 4.78 is 0. The van der Waals surface area contributed by atoms with Crippen molar-refractivity contribution in [1.82, 2.24) is 10.2 Å². The number of rotatable bonds is 4. The number of nitrogens with zero attached hydrogens (tertiary/aromatic N) is 1. The maximum atomic E-state index is 12.0. The molecule has 1 saturated heterocycles. The maximum Gasteiger partial charge on any atom is 0.225 e. The molecule has 2 N–H and O–H groups in total. The van der Waals surface area contributed by atoms with E-state index < -0.39 is 0 Å². The topological polar surface area (TPSA) is 44.4 Å². The Morgan fingerprint density at radius 3 is 2.95 bits per heavy atom. The zero-order valence-electron chi connectivity index (χ0n) is 11.9. The Labute approximate surface area is 141 Å². The minimum atomic E-state index is -0.0418. The van der Waals surface area contributed by atoms with Crippen molar-refractivity contribution in [3.63, 3.8) is 0 Å². The van der Waals surface area contributed by atoms with Gasteiger partial charge >= 0.3 is 0 Å². The summed E-state index contributed by atoms with van der Waals surface area (Å²) in [7, 11) is 0. The van der Waals surface area contributed by atoms with Crippen LogP contribution in [0.5, 0.6) is 0 Å². The third-order valence-electron chi connectivity index (χ3n) is 3.47. The molecule has 1 amide bonds. The van der Waals surface area contributed by atoms with E-state index in [0.717, 1.165) is 26.2 Å². The predicted molar refractivity (Wildman–Crippen MR) is 90.9 cm³/mol. The molecule has 118 valence electrons. The van der Waals surface area contributed by atoms with E-state index in [2.05, 4.69) is 22.5 Å². The van der Waals surface area contributed by atoms with Gasteiger partial charge in [0.25, 0.3) is 0 Å². The summed E-state index contributed by atoms with van der Waals surface area (Å²) >= 11 is 11.9. The second-order valence-electron chi connectivity index (χ2n) is 5.01. The van der Waals surface area contributed by atoms with Crippen molar-refractivity contribution in [1.29, 1.82) is 0 Å². The standard InChI is InChI=1S/C14H19Cl2N3O.ClH/c1-10-9-17-5-7-19(10)6-4-14(20)18-13-8-11(15)2-3-12(13)16;/h2-3,8,10,17H,4-7,9H2,1H3,(H,18,20);1H/t10-;/m0./s1. The molecule has 0 bridgehead atoms. The summed E-state index contributed by atoms with van der Waals surface area (Å²) in [6, 6.07) is 5.50. The Hall–Kier alpha value is -0.520. The zero-order valence-corrected chi connectivity index (χ0v) is 14.2. The SMILES string of the molecule is C[C@H]1CNCCN1CCC(=O)Nc1cc(Cl)ccc1Cl.Cl. The summed E-state index contributed by atoms with van der Waals surface area (Å²) in [6.07, 6.45) is 0.452. The van der Waals surface area contributed by atoms with Crippen molar-refractivity contribution in [2.75, 3.05) is 31.5 Å². The van der Waals surface area contributed by atoms with E-state index >= 15 is 0 Å². The van der Waals surface area contributed by atoms with Gasteiger partial charge in [0.1, 0.15) is 0 Å². The Kier molecular flexibility index (Phi) is 7.77. The van der Waals surface area contributed by atoms with Gasteiger partial charge in [-0.05, 0) is 25.1 Å². The van der Waals surface area contributed by atoms with Gasteiger partial charge in [0.05, 0.1) is 10.7 Å². The second kappa shape index (κ2) is 8.81. The quantitative estimate of drug-likeness (QED) is 0.875. The highest BCUT2D eigenvalue weighted by Gasteiger charge is 2.18. The van der Waals surface area contributed by atoms with Crippen molar-refractivity contribution in [3.8, 4) is 0 Å². The van der Waals surface area contributed by atoms with Gasteiger partial charge in [-0.2, -0.15) is 0 Å². The molecule has 1 aliphatic heterocycles. The summed E-state index contributed by atoms with van der Waals surface area (Å²) in [5.41, 5.74) is 0.567. The van der Waals surface area contributed by atoms with Gasteiger partial charge in [0, 0.05) is 43.7 Å². The van der Waals surface area contributed by atoms with Crippen LogP contribution in [0.4, 0.5) is 5.69 Å². The molecule has 0 aromatic heterocycles. The molecule has 21 heavy (non-hydrogen) atoms. The van der Waals surface area contributed by atoms with E-state index in [1.54, 1.807) is 18.2 Å². The molecule has 0 radical (unpaired) electrons. The highest BCUT2D eigenvalue weighted by molar-refractivity contribution is 6.35. The van der Waals surface area contributed by atoms with Gasteiger partial charge in [0.15, 0.2) is 0 Å². The molecule has 7 heteroatoms. The number of carbonyl (C=O) groups is 1. The molecule has 1 fully saturated rings. The molecule has 0 unspecified atom stereocenters. The number of amides is 1. The average Bonchev–Trinajstić information content (AvgIpc) is 2.42. The monoisotopic (exact) mass is 351 g/mol. The molecule has 2 rings (SSSR count). The number of nitrogens with one attached hydrogen (secondary N) is 2. The highest BCUT2D eigenvalue weighted by atomic mass is 35.5. The van der Waals surface area contributed by atoms with E-state index in [-0.39, 0.29) is 18.3 Å². The van der Waals surface area contributed by atoms with E-state index in [0.29, 0.717) is 28.2 Å². The van der Waals surface area contributed by atoms with Crippen LogP contribution in [-0.2, 0) is 4.79 Å². The van der Waals surface area contributed by atoms with Gasteiger partial charge in [0.2, 0.25) is 5.91 Å². The number of carbonyl (C=O) groups excluding carboxylic acids is 1. The van der Waals surface area contributed by atoms with Gasteiger partial charge in [-0.15, -0.1) is 12.4 Å². The molecule has 1 aromatic rings. The summed E-state index contributed by atoms with van der Waals surface area (Å²) in [5.74, 6) is -0.0418. The zero-order chi connectivity index (χ0) is 14.5. The Morgan fingerprint density at radius 2 is 2.24 bits per heavy atom. The molecule has 1 atom stereocenters. The lowest BCUT2D eigenvalue weighted by Gasteiger charge is -2.33. The van der Waals surface area contributed by atoms with Crippen LogP contribution in [0.15, 0.2) is 18.2 Å². The fourth-order valence-electron chi connectivity index (χ4n) is 2.27. The van der Waals surface area contributed by atoms with Gasteiger partial charge < -0.3 is 10.6 Å². The van der Waals surface area contributed by atoms with Crippen molar-refractivity contribution in [2.45, 2.75) is 19.4 Å². The number of piperazine rings is 1. The van der Waals surface area contributed by atoms with Gasteiger partial charge in [-0.25, -0.2) is 0 Å². The summed E-state index contributed by atoms with van der Waals surface area (Å²) in [5, 5.41) is 7.19. The minimum Gasteiger partial charge on any atom is -0.325 e. The van der Waals surface area contributed by atoms with Crippen LogP contribution in [0.25, 0.3) is 0 Å². The third kappa shape index (κ3) is 5.64. The average molecular weight is 353 g/mol.